The van der Waals surface area contributed by atoms with Crippen molar-refractivity contribution < 1.29 is 14.3 Å². The van der Waals surface area contributed by atoms with E-state index in [1.165, 1.54) is 35.3 Å². The normalized spacial score (nSPS) is 20.4. The summed E-state index contributed by atoms with van der Waals surface area (Å²) in [5.74, 6) is 2.35. The van der Waals surface area contributed by atoms with Gasteiger partial charge in [0, 0.05) is 17.9 Å². The van der Waals surface area contributed by atoms with Gasteiger partial charge in [-0.2, -0.15) is 0 Å². The average molecular weight is 410 g/mol. The fourth-order valence-electron chi connectivity index (χ4n) is 4.66. The molecule has 0 N–H and O–H groups in total. The van der Waals surface area contributed by atoms with E-state index in [1.807, 2.05) is 6.07 Å². The van der Waals surface area contributed by atoms with Crippen molar-refractivity contribution in [1.29, 1.82) is 0 Å². The number of hydrogen-bond donors (Lipinski definition) is 0. The fraction of sp³-hybridized carbons (Fsp3) is 0.458. The van der Waals surface area contributed by atoms with Crippen LogP contribution in [0.3, 0.4) is 0 Å². The van der Waals surface area contributed by atoms with Crippen LogP contribution in [0.1, 0.15) is 48.4 Å². The molecule has 3 aliphatic rings. The first-order valence-corrected chi connectivity index (χ1v) is 11.7. The van der Waals surface area contributed by atoms with Crippen LogP contribution in [0.25, 0.3) is 0 Å². The van der Waals surface area contributed by atoms with Crippen LogP contribution in [0.4, 0.5) is 0 Å². The molecule has 1 amide bonds. The fourth-order valence-corrected chi connectivity index (χ4v) is 5.51. The van der Waals surface area contributed by atoms with Gasteiger partial charge in [-0.1, -0.05) is 12.1 Å². The molecular weight excluding hydrogens is 382 g/mol. The zero-order chi connectivity index (χ0) is 19.6. The molecule has 0 unspecified atom stereocenters. The number of hydrogen-bond acceptors (Lipinski definition) is 4. The van der Waals surface area contributed by atoms with Crippen LogP contribution >= 0.6 is 11.8 Å². The summed E-state index contributed by atoms with van der Waals surface area (Å²) >= 11 is 1.67. The zero-order valence-corrected chi connectivity index (χ0v) is 17.5. The maximum Gasteiger partial charge on any atom is 0.233 e. The van der Waals surface area contributed by atoms with Gasteiger partial charge in [0.25, 0.3) is 0 Å². The lowest BCUT2D eigenvalue weighted by Crippen LogP contribution is -2.32. The second kappa shape index (κ2) is 8.31. The molecule has 1 aliphatic carbocycles. The number of thioether (sulfide) groups is 1. The highest BCUT2D eigenvalue weighted by Crippen LogP contribution is 2.38. The predicted octanol–water partition coefficient (Wildman–Crippen LogP) is 4.79. The monoisotopic (exact) mass is 409 g/mol. The summed E-state index contributed by atoms with van der Waals surface area (Å²) in [6.07, 6.45) is 6.59. The van der Waals surface area contributed by atoms with E-state index in [1.54, 1.807) is 11.8 Å². The first kappa shape index (κ1) is 18.9. The largest absolute Gasteiger partial charge is 0.490 e. The maximum atomic E-state index is 13.0. The van der Waals surface area contributed by atoms with Crippen molar-refractivity contribution in [2.24, 2.45) is 0 Å². The molecule has 2 aromatic carbocycles. The van der Waals surface area contributed by atoms with Crippen LogP contribution in [-0.4, -0.2) is 36.3 Å². The van der Waals surface area contributed by atoms with Crippen LogP contribution in [0.15, 0.2) is 41.3 Å². The molecule has 1 atom stereocenters. The Kier molecular flexibility index (Phi) is 5.40. The lowest BCUT2D eigenvalue weighted by atomic mass is 10.0. The van der Waals surface area contributed by atoms with E-state index in [2.05, 4.69) is 35.2 Å². The van der Waals surface area contributed by atoms with Gasteiger partial charge in [-0.3, -0.25) is 4.79 Å². The Morgan fingerprint density at radius 3 is 2.76 bits per heavy atom. The summed E-state index contributed by atoms with van der Waals surface area (Å²) in [5.41, 5.74) is 4.10. The first-order valence-electron chi connectivity index (χ1n) is 10.7. The quantitative estimate of drug-likeness (QED) is 0.681. The Morgan fingerprint density at radius 2 is 1.83 bits per heavy atom. The lowest BCUT2D eigenvalue weighted by molar-refractivity contribution is -0.129. The Labute approximate surface area is 176 Å². The minimum atomic E-state index is 0.139. The third-order valence-electron chi connectivity index (χ3n) is 6.16. The Balaban J connectivity index is 1.26. The van der Waals surface area contributed by atoms with Crippen LogP contribution in [0, 0.1) is 0 Å². The van der Waals surface area contributed by atoms with Gasteiger partial charge >= 0.3 is 0 Å². The van der Waals surface area contributed by atoms with Crippen molar-refractivity contribution in [3.8, 4) is 11.5 Å². The summed E-state index contributed by atoms with van der Waals surface area (Å²) in [5, 5.41) is 0. The summed E-state index contributed by atoms with van der Waals surface area (Å²) in [6.45, 7) is 2.21. The summed E-state index contributed by atoms with van der Waals surface area (Å²) < 4.78 is 11.6. The molecule has 0 spiro atoms. The van der Waals surface area contributed by atoms with Crippen molar-refractivity contribution in [3.05, 3.63) is 53.1 Å². The van der Waals surface area contributed by atoms with Gasteiger partial charge in [0.1, 0.15) is 0 Å². The Bertz CT molecular complexity index is 913. The molecule has 2 aromatic rings. The van der Waals surface area contributed by atoms with Crippen LogP contribution < -0.4 is 9.47 Å². The molecule has 0 saturated carbocycles. The van der Waals surface area contributed by atoms with Gasteiger partial charge in [-0.05, 0) is 73.1 Å². The van der Waals surface area contributed by atoms with Crippen molar-refractivity contribution >= 4 is 17.7 Å². The highest BCUT2D eigenvalue weighted by atomic mass is 32.2. The third kappa shape index (κ3) is 3.97. The molecule has 0 bridgehead atoms. The molecule has 4 nitrogen and oxygen atoms in total. The van der Waals surface area contributed by atoms with E-state index in [4.69, 9.17) is 9.47 Å². The highest BCUT2D eigenvalue weighted by molar-refractivity contribution is 8.00. The lowest BCUT2D eigenvalue weighted by Gasteiger charge is -2.25. The van der Waals surface area contributed by atoms with Crippen molar-refractivity contribution in [3.63, 3.8) is 0 Å². The number of ether oxygens (including phenoxy) is 2. The Morgan fingerprint density at radius 1 is 0.966 bits per heavy atom. The second-order valence-electron chi connectivity index (χ2n) is 8.07. The molecule has 2 heterocycles. The molecule has 1 saturated heterocycles. The number of carbonyl (C=O) groups is 1. The molecule has 0 radical (unpaired) electrons. The summed E-state index contributed by atoms with van der Waals surface area (Å²) in [7, 11) is 0. The highest BCUT2D eigenvalue weighted by Gasteiger charge is 2.30. The molecule has 2 aliphatic heterocycles. The number of rotatable bonds is 4. The molecule has 0 aromatic heterocycles. The number of nitrogens with zero attached hydrogens (tertiary/aromatic N) is 1. The number of fused-ring (bicyclic) bond motifs is 2. The Hall–Kier alpha value is -2.14. The number of benzene rings is 2. The van der Waals surface area contributed by atoms with E-state index in [-0.39, 0.29) is 11.9 Å². The maximum absolute atomic E-state index is 13.0. The van der Waals surface area contributed by atoms with E-state index >= 15 is 0 Å². The van der Waals surface area contributed by atoms with Crippen LogP contribution in [0.5, 0.6) is 11.5 Å². The number of aryl methyl sites for hydroxylation is 2. The van der Waals surface area contributed by atoms with Crippen molar-refractivity contribution in [2.75, 3.05) is 25.5 Å². The molecule has 152 valence electrons. The number of likely N-dealkylation sites (tertiary alicyclic amines) is 1. The zero-order valence-electron chi connectivity index (χ0n) is 16.7. The third-order valence-corrected chi connectivity index (χ3v) is 7.14. The minimum Gasteiger partial charge on any atom is -0.490 e. The van der Waals surface area contributed by atoms with E-state index in [9.17, 15) is 4.79 Å². The van der Waals surface area contributed by atoms with Gasteiger partial charge in [0.05, 0.1) is 25.0 Å². The molecule has 5 rings (SSSR count). The van der Waals surface area contributed by atoms with Gasteiger partial charge in [0.15, 0.2) is 11.5 Å². The topological polar surface area (TPSA) is 38.8 Å². The summed E-state index contributed by atoms with van der Waals surface area (Å²) in [4.78, 5) is 16.3. The van der Waals surface area contributed by atoms with Gasteiger partial charge in [-0.25, -0.2) is 0 Å². The van der Waals surface area contributed by atoms with Gasteiger partial charge in [-0.15, -0.1) is 11.8 Å². The second-order valence-corrected chi connectivity index (χ2v) is 9.12. The van der Waals surface area contributed by atoms with E-state index < -0.39 is 0 Å². The molecular formula is C24H27NO3S. The number of amides is 1. The van der Waals surface area contributed by atoms with E-state index in [0.717, 1.165) is 42.9 Å². The van der Waals surface area contributed by atoms with Crippen LogP contribution in [0.2, 0.25) is 0 Å². The van der Waals surface area contributed by atoms with E-state index in [0.29, 0.717) is 19.0 Å². The van der Waals surface area contributed by atoms with Gasteiger partial charge < -0.3 is 14.4 Å². The first-order chi connectivity index (χ1) is 14.3. The van der Waals surface area contributed by atoms with Gasteiger partial charge in [0.2, 0.25) is 5.91 Å². The molecule has 29 heavy (non-hydrogen) atoms. The predicted molar refractivity (Wildman–Crippen MR) is 115 cm³/mol. The molecule has 1 fully saturated rings. The number of carbonyl (C=O) groups excluding carboxylic acids is 1. The van der Waals surface area contributed by atoms with Crippen molar-refractivity contribution in [2.45, 2.75) is 49.5 Å². The summed E-state index contributed by atoms with van der Waals surface area (Å²) in [6, 6.07) is 13.0. The molecule has 5 heteroatoms. The average Bonchev–Trinajstić information content (AvgIpc) is 3.36. The van der Waals surface area contributed by atoms with Crippen molar-refractivity contribution in [1.82, 2.24) is 4.90 Å². The smallest absolute Gasteiger partial charge is 0.233 e. The van der Waals surface area contributed by atoms with Crippen LogP contribution in [-0.2, 0) is 17.6 Å². The SMILES string of the molecule is O=C(CSc1ccc2c(c1)CCC2)N1CCC[C@H]1c1ccc2c(c1)OCCCO2. The minimum absolute atomic E-state index is 0.139. The standard InChI is InChI=1S/C24H27NO3S/c26-24(16-29-20-9-7-17-4-1-5-18(17)14-20)25-11-2-6-21(25)19-8-10-22-23(15-19)28-13-3-12-27-22/h7-10,14-15,21H,1-6,11-13,16H2/t21-/m0/s1.